The molecule has 1 unspecified atom stereocenters. The predicted molar refractivity (Wildman–Crippen MR) is 110 cm³/mol. The topological polar surface area (TPSA) is 58.6 Å². The second-order valence-electron chi connectivity index (χ2n) is 7.14. The summed E-state index contributed by atoms with van der Waals surface area (Å²) in [4.78, 5) is 27.3. The number of nitrogens with one attached hydrogen (secondary N) is 1. The molecule has 0 amide bonds. The fourth-order valence-corrected chi connectivity index (χ4v) is 3.58. The lowest BCUT2D eigenvalue weighted by Crippen LogP contribution is -2.51. The van der Waals surface area contributed by atoms with Crippen molar-refractivity contribution in [2.45, 2.75) is 32.2 Å². The highest BCUT2D eigenvalue weighted by atomic mass is 16.5. The maximum absolute atomic E-state index is 12.7. The Morgan fingerprint density at radius 3 is 2.68 bits per heavy atom. The standard InChI is InChI=1S/C23H28N2O3/c1-2-7-20-17-24-13-15-25(20)14-12-22(26)19-10-6-11-21(16-19)28-23(27)18-8-4-3-5-9-18/h3-6,8-11,16,20,24H,2,7,12-15,17H2,1H3. The smallest absolute Gasteiger partial charge is 0.343 e. The van der Waals surface area contributed by atoms with Crippen LogP contribution in [0, 0.1) is 0 Å². The van der Waals surface area contributed by atoms with Crippen LogP contribution in [0.5, 0.6) is 5.75 Å². The minimum absolute atomic E-state index is 0.0754. The molecule has 1 aliphatic heterocycles. The van der Waals surface area contributed by atoms with Gasteiger partial charge in [-0.05, 0) is 30.7 Å². The molecule has 0 saturated carbocycles. The van der Waals surface area contributed by atoms with Crippen LogP contribution < -0.4 is 10.1 Å². The molecule has 2 aromatic carbocycles. The number of hydrogen-bond acceptors (Lipinski definition) is 5. The summed E-state index contributed by atoms with van der Waals surface area (Å²) in [5.74, 6) is 0.0468. The number of carbonyl (C=O) groups is 2. The van der Waals surface area contributed by atoms with Gasteiger partial charge in [0, 0.05) is 44.2 Å². The van der Waals surface area contributed by atoms with Gasteiger partial charge in [0.15, 0.2) is 5.78 Å². The zero-order valence-electron chi connectivity index (χ0n) is 16.4. The lowest BCUT2D eigenvalue weighted by Gasteiger charge is -2.36. The minimum Gasteiger partial charge on any atom is -0.423 e. The third kappa shape index (κ3) is 5.50. The van der Waals surface area contributed by atoms with Crippen molar-refractivity contribution in [2.75, 3.05) is 26.2 Å². The van der Waals surface area contributed by atoms with Gasteiger partial charge in [-0.1, -0.05) is 43.7 Å². The second kappa shape index (κ2) is 10.2. The van der Waals surface area contributed by atoms with Gasteiger partial charge in [0.1, 0.15) is 5.75 Å². The molecule has 0 radical (unpaired) electrons. The van der Waals surface area contributed by atoms with Gasteiger partial charge in [0.2, 0.25) is 0 Å². The van der Waals surface area contributed by atoms with Crippen LogP contribution in [0.4, 0.5) is 0 Å². The summed E-state index contributed by atoms with van der Waals surface area (Å²) in [6.45, 7) is 5.90. The highest BCUT2D eigenvalue weighted by Crippen LogP contribution is 2.18. The number of ether oxygens (including phenoxy) is 1. The molecule has 1 saturated heterocycles. The number of ketones is 1. The van der Waals surface area contributed by atoms with E-state index in [0.717, 1.165) is 39.0 Å². The summed E-state index contributed by atoms with van der Waals surface area (Å²) < 4.78 is 5.42. The SMILES string of the molecule is CCCC1CNCCN1CCC(=O)c1cccc(OC(=O)c2ccccc2)c1. The number of Topliss-reactive ketones (excluding diaryl/α,β-unsaturated/α-hetero) is 1. The Bertz CT molecular complexity index is 789. The van der Waals surface area contributed by atoms with Crippen LogP contribution in [-0.4, -0.2) is 48.9 Å². The van der Waals surface area contributed by atoms with Gasteiger partial charge in [0.25, 0.3) is 0 Å². The Kier molecular flexibility index (Phi) is 7.34. The monoisotopic (exact) mass is 380 g/mol. The average molecular weight is 380 g/mol. The summed E-state index contributed by atoms with van der Waals surface area (Å²) in [6.07, 6.45) is 2.76. The summed E-state index contributed by atoms with van der Waals surface area (Å²) in [5.41, 5.74) is 1.07. The first-order chi connectivity index (χ1) is 13.7. The van der Waals surface area contributed by atoms with E-state index in [1.165, 1.54) is 0 Å². The number of esters is 1. The first-order valence-electron chi connectivity index (χ1n) is 10.0. The van der Waals surface area contributed by atoms with Crippen LogP contribution in [0.3, 0.4) is 0 Å². The van der Waals surface area contributed by atoms with E-state index in [-0.39, 0.29) is 5.78 Å². The van der Waals surface area contributed by atoms with Gasteiger partial charge in [-0.3, -0.25) is 9.69 Å². The lowest BCUT2D eigenvalue weighted by atomic mass is 10.0. The molecule has 5 nitrogen and oxygen atoms in total. The zero-order chi connectivity index (χ0) is 19.8. The van der Waals surface area contributed by atoms with E-state index >= 15 is 0 Å². The Morgan fingerprint density at radius 2 is 1.89 bits per heavy atom. The Labute approximate surface area is 166 Å². The van der Waals surface area contributed by atoms with Gasteiger partial charge in [-0.2, -0.15) is 0 Å². The van der Waals surface area contributed by atoms with Crippen LogP contribution >= 0.6 is 0 Å². The third-order valence-corrected chi connectivity index (χ3v) is 5.10. The van der Waals surface area contributed by atoms with E-state index in [1.54, 1.807) is 48.5 Å². The largest absolute Gasteiger partial charge is 0.423 e. The molecule has 0 bridgehead atoms. The molecular weight excluding hydrogens is 352 g/mol. The van der Waals surface area contributed by atoms with E-state index in [1.807, 2.05) is 6.07 Å². The summed E-state index contributed by atoms with van der Waals surface area (Å²) in [6, 6.07) is 16.2. The summed E-state index contributed by atoms with van der Waals surface area (Å²) >= 11 is 0. The molecule has 0 aliphatic carbocycles. The van der Waals surface area contributed by atoms with Crippen molar-refractivity contribution in [1.29, 1.82) is 0 Å². The quantitative estimate of drug-likeness (QED) is 0.431. The van der Waals surface area contributed by atoms with Gasteiger partial charge >= 0.3 is 5.97 Å². The van der Waals surface area contributed by atoms with Crippen molar-refractivity contribution < 1.29 is 14.3 Å². The van der Waals surface area contributed by atoms with Crippen LogP contribution in [-0.2, 0) is 0 Å². The molecule has 1 N–H and O–H groups in total. The number of carbonyl (C=O) groups excluding carboxylic acids is 2. The molecule has 1 fully saturated rings. The zero-order valence-corrected chi connectivity index (χ0v) is 16.4. The summed E-state index contributed by atoms with van der Waals surface area (Å²) in [7, 11) is 0. The highest BCUT2D eigenvalue weighted by Gasteiger charge is 2.22. The number of hydrogen-bond donors (Lipinski definition) is 1. The fourth-order valence-electron chi connectivity index (χ4n) is 3.58. The number of piperazine rings is 1. The third-order valence-electron chi connectivity index (χ3n) is 5.10. The van der Waals surface area contributed by atoms with E-state index in [2.05, 4.69) is 17.1 Å². The van der Waals surface area contributed by atoms with Gasteiger partial charge < -0.3 is 10.1 Å². The van der Waals surface area contributed by atoms with Gasteiger partial charge in [0.05, 0.1) is 5.56 Å². The van der Waals surface area contributed by atoms with Crippen molar-refractivity contribution in [1.82, 2.24) is 10.2 Å². The normalized spacial score (nSPS) is 17.2. The molecule has 1 aliphatic rings. The van der Waals surface area contributed by atoms with Crippen molar-refractivity contribution >= 4 is 11.8 Å². The number of benzene rings is 2. The first kappa shape index (κ1) is 20.2. The van der Waals surface area contributed by atoms with E-state index in [9.17, 15) is 9.59 Å². The van der Waals surface area contributed by atoms with E-state index in [0.29, 0.717) is 29.3 Å². The highest BCUT2D eigenvalue weighted by molar-refractivity contribution is 5.97. The average Bonchev–Trinajstić information content (AvgIpc) is 2.74. The van der Waals surface area contributed by atoms with Crippen molar-refractivity contribution in [2.24, 2.45) is 0 Å². The Morgan fingerprint density at radius 1 is 1.11 bits per heavy atom. The Balaban J connectivity index is 1.58. The van der Waals surface area contributed by atoms with Gasteiger partial charge in [-0.25, -0.2) is 4.79 Å². The maximum atomic E-state index is 12.7. The summed E-state index contributed by atoms with van der Waals surface area (Å²) in [5, 5.41) is 3.43. The molecule has 2 aromatic rings. The van der Waals surface area contributed by atoms with Crippen LogP contribution in [0.25, 0.3) is 0 Å². The predicted octanol–water partition coefficient (Wildman–Crippen LogP) is 3.55. The van der Waals surface area contributed by atoms with Crippen molar-refractivity contribution in [3.63, 3.8) is 0 Å². The Hall–Kier alpha value is -2.50. The molecule has 0 aromatic heterocycles. The molecule has 28 heavy (non-hydrogen) atoms. The molecule has 1 heterocycles. The van der Waals surface area contributed by atoms with E-state index in [4.69, 9.17) is 4.74 Å². The molecule has 148 valence electrons. The number of rotatable bonds is 8. The molecular formula is C23H28N2O3. The van der Waals surface area contributed by atoms with Crippen molar-refractivity contribution in [3.05, 3.63) is 65.7 Å². The fraction of sp³-hybridized carbons (Fsp3) is 0.391. The van der Waals surface area contributed by atoms with Crippen LogP contribution in [0.15, 0.2) is 54.6 Å². The lowest BCUT2D eigenvalue weighted by molar-refractivity contribution is 0.0733. The molecule has 1 atom stereocenters. The molecule has 3 rings (SSSR count). The molecule has 0 spiro atoms. The van der Waals surface area contributed by atoms with Crippen molar-refractivity contribution in [3.8, 4) is 5.75 Å². The maximum Gasteiger partial charge on any atom is 0.343 e. The minimum atomic E-state index is -0.423. The van der Waals surface area contributed by atoms with Crippen LogP contribution in [0.1, 0.15) is 46.9 Å². The number of nitrogens with zero attached hydrogens (tertiary/aromatic N) is 1. The van der Waals surface area contributed by atoms with Gasteiger partial charge in [-0.15, -0.1) is 0 Å². The molecule has 5 heteroatoms. The second-order valence-corrected chi connectivity index (χ2v) is 7.14. The first-order valence-corrected chi connectivity index (χ1v) is 10.0. The van der Waals surface area contributed by atoms with E-state index < -0.39 is 5.97 Å². The van der Waals surface area contributed by atoms with Crippen LogP contribution in [0.2, 0.25) is 0 Å².